The highest BCUT2D eigenvalue weighted by Gasteiger charge is 2.40. The van der Waals surface area contributed by atoms with Crippen molar-refractivity contribution in [3.8, 4) is 0 Å². The minimum absolute atomic E-state index is 0.161. The standard InChI is InChI=1S/C9H19NO/c1-7(2)9(3)8(6-11)4-5-10-9/h7-8,10-11H,4-6H2,1-3H3. The van der Waals surface area contributed by atoms with Crippen LogP contribution in [0.2, 0.25) is 0 Å². The third-order valence-corrected chi connectivity index (χ3v) is 3.27. The van der Waals surface area contributed by atoms with E-state index in [1.165, 1.54) is 0 Å². The first-order valence-corrected chi connectivity index (χ1v) is 4.47. The van der Waals surface area contributed by atoms with E-state index in [2.05, 4.69) is 26.1 Å². The Morgan fingerprint density at radius 2 is 2.27 bits per heavy atom. The summed E-state index contributed by atoms with van der Waals surface area (Å²) in [6.45, 7) is 8.01. The van der Waals surface area contributed by atoms with Crippen molar-refractivity contribution in [1.29, 1.82) is 0 Å². The average molecular weight is 157 g/mol. The molecule has 0 aromatic rings. The number of nitrogens with one attached hydrogen (secondary N) is 1. The summed E-state index contributed by atoms with van der Waals surface area (Å²) in [4.78, 5) is 0. The molecule has 11 heavy (non-hydrogen) atoms. The van der Waals surface area contributed by atoms with Gasteiger partial charge in [-0.15, -0.1) is 0 Å². The Balaban J connectivity index is 2.67. The summed E-state index contributed by atoms with van der Waals surface area (Å²) in [6, 6.07) is 0. The van der Waals surface area contributed by atoms with Gasteiger partial charge >= 0.3 is 0 Å². The molecule has 0 aromatic heterocycles. The van der Waals surface area contributed by atoms with Crippen molar-refractivity contribution in [2.45, 2.75) is 32.7 Å². The van der Waals surface area contributed by atoms with Crippen molar-refractivity contribution < 1.29 is 5.11 Å². The largest absolute Gasteiger partial charge is 0.396 e. The Hall–Kier alpha value is -0.0800. The lowest BCUT2D eigenvalue weighted by atomic mass is 9.79. The molecule has 0 bridgehead atoms. The Morgan fingerprint density at radius 3 is 2.64 bits per heavy atom. The number of hydrogen-bond acceptors (Lipinski definition) is 2. The van der Waals surface area contributed by atoms with Crippen LogP contribution in [0.4, 0.5) is 0 Å². The monoisotopic (exact) mass is 157 g/mol. The fourth-order valence-electron chi connectivity index (χ4n) is 1.92. The Morgan fingerprint density at radius 1 is 1.64 bits per heavy atom. The van der Waals surface area contributed by atoms with Crippen LogP contribution in [0.25, 0.3) is 0 Å². The van der Waals surface area contributed by atoms with Gasteiger partial charge in [0.25, 0.3) is 0 Å². The molecule has 1 aliphatic rings. The normalized spacial score (nSPS) is 38.5. The van der Waals surface area contributed by atoms with E-state index in [4.69, 9.17) is 5.11 Å². The van der Waals surface area contributed by atoms with E-state index >= 15 is 0 Å². The van der Waals surface area contributed by atoms with E-state index in [-0.39, 0.29) is 5.54 Å². The summed E-state index contributed by atoms with van der Waals surface area (Å²) < 4.78 is 0. The number of aliphatic hydroxyl groups excluding tert-OH is 1. The lowest BCUT2D eigenvalue weighted by molar-refractivity contribution is 0.138. The predicted molar refractivity (Wildman–Crippen MR) is 46.4 cm³/mol. The lowest BCUT2D eigenvalue weighted by Crippen LogP contribution is -2.47. The molecule has 2 unspecified atom stereocenters. The van der Waals surface area contributed by atoms with Crippen LogP contribution in [0.1, 0.15) is 27.2 Å². The Labute approximate surface area is 69.0 Å². The van der Waals surface area contributed by atoms with Crippen LogP contribution < -0.4 is 5.32 Å². The number of rotatable bonds is 2. The highest BCUT2D eigenvalue weighted by Crippen LogP contribution is 2.32. The first-order chi connectivity index (χ1) is 5.11. The summed E-state index contributed by atoms with van der Waals surface area (Å²) in [7, 11) is 0. The summed E-state index contributed by atoms with van der Waals surface area (Å²) in [6.07, 6.45) is 1.12. The zero-order valence-electron chi connectivity index (χ0n) is 7.72. The van der Waals surface area contributed by atoms with Crippen LogP contribution >= 0.6 is 0 Å². The Kier molecular flexibility index (Phi) is 2.55. The van der Waals surface area contributed by atoms with E-state index in [0.29, 0.717) is 18.4 Å². The van der Waals surface area contributed by atoms with Crippen molar-refractivity contribution in [1.82, 2.24) is 5.32 Å². The molecule has 1 rings (SSSR count). The SMILES string of the molecule is CC(C)C1(C)NCCC1CO. The van der Waals surface area contributed by atoms with Gasteiger partial charge in [-0.2, -0.15) is 0 Å². The van der Waals surface area contributed by atoms with Gasteiger partial charge in [0.15, 0.2) is 0 Å². The molecule has 1 saturated heterocycles. The summed E-state index contributed by atoms with van der Waals surface area (Å²) >= 11 is 0. The van der Waals surface area contributed by atoms with Crippen LogP contribution in [-0.2, 0) is 0 Å². The van der Waals surface area contributed by atoms with Crippen molar-refractivity contribution in [3.05, 3.63) is 0 Å². The van der Waals surface area contributed by atoms with E-state index in [1.807, 2.05) is 0 Å². The number of hydrogen-bond donors (Lipinski definition) is 2. The van der Waals surface area contributed by atoms with E-state index < -0.39 is 0 Å². The second-order valence-electron chi connectivity index (χ2n) is 4.03. The molecule has 2 heteroatoms. The maximum atomic E-state index is 9.11. The van der Waals surface area contributed by atoms with Crippen molar-refractivity contribution in [3.63, 3.8) is 0 Å². The second kappa shape index (κ2) is 3.11. The van der Waals surface area contributed by atoms with Gasteiger partial charge in [-0.25, -0.2) is 0 Å². The first kappa shape index (κ1) is 9.01. The molecule has 2 N–H and O–H groups in total. The number of aliphatic hydroxyl groups is 1. The van der Waals surface area contributed by atoms with Crippen molar-refractivity contribution in [2.24, 2.45) is 11.8 Å². The van der Waals surface area contributed by atoms with E-state index in [1.54, 1.807) is 0 Å². The van der Waals surface area contributed by atoms with Gasteiger partial charge in [0.2, 0.25) is 0 Å². The molecule has 1 aliphatic heterocycles. The molecule has 0 aliphatic carbocycles. The zero-order chi connectivity index (χ0) is 8.48. The van der Waals surface area contributed by atoms with Crippen molar-refractivity contribution in [2.75, 3.05) is 13.2 Å². The topological polar surface area (TPSA) is 32.3 Å². The minimum Gasteiger partial charge on any atom is -0.396 e. The van der Waals surface area contributed by atoms with Gasteiger partial charge in [0, 0.05) is 18.1 Å². The molecular weight excluding hydrogens is 138 g/mol. The van der Waals surface area contributed by atoms with Crippen LogP contribution in [-0.4, -0.2) is 23.8 Å². The Bertz CT molecular complexity index is 136. The molecule has 66 valence electrons. The molecule has 1 heterocycles. The fraction of sp³-hybridized carbons (Fsp3) is 1.00. The van der Waals surface area contributed by atoms with Crippen LogP contribution in [0.5, 0.6) is 0 Å². The highest BCUT2D eigenvalue weighted by molar-refractivity contribution is 4.97. The van der Waals surface area contributed by atoms with Gasteiger partial charge < -0.3 is 10.4 Å². The van der Waals surface area contributed by atoms with E-state index in [0.717, 1.165) is 13.0 Å². The van der Waals surface area contributed by atoms with Crippen LogP contribution in [0.15, 0.2) is 0 Å². The summed E-state index contributed by atoms with van der Waals surface area (Å²) in [5, 5.41) is 12.6. The molecule has 2 nitrogen and oxygen atoms in total. The maximum Gasteiger partial charge on any atom is 0.0477 e. The average Bonchev–Trinajstić information content (AvgIpc) is 2.32. The first-order valence-electron chi connectivity index (χ1n) is 4.47. The third kappa shape index (κ3) is 1.42. The molecule has 0 aromatic carbocycles. The second-order valence-corrected chi connectivity index (χ2v) is 4.03. The van der Waals surface area contributed by atoms with Crippen molar-refractivity contribution >= 4 is 0 Å². The van der Waals surface area contributed by atoms with Gasteiger partial charge in [-0.1, -0.05) is 13.8 Å². The maximum absolute atomic E-state index is 9.11. The fourth-order valence-corrected chi connectivity index (χ4v) is 1.92. The summed E-state index contributed by atoms with van der Waals surface area (Å²) in [5.74, 6) is 1.05. The predicted octanol–water partition coefficient (Wildman–Crippen LogP) is 1.00. The van der Waals surface area contributed by atoms with E-state index in [9.17, 15) is 0 Å². The molecule has 0 amide bonds. The van der Waals surface area contributed by atoms with Gasteiger partial charge in [-0.3, -0.25) is 0 Å². The smallest absolute Gasteiger partial charge is 0.0477 e. The third-order valence-electron chi connectivity index (χ3n) is 3.27. The highest BCUT2D eigenvalue weighted by atomic mass is 16.3. The molecule has 0 radical (unpaired) electrons. The molecule has 0 spiro atoms. The minimum atomic E-state index is 0.161. The zero-order valence-corrected chi connectivity index (χ0v) is 7.72. The van der Waals surface area contributed by atoms with Crippen LogP contribution in [0.3, 0.4) is 0 Å². The molecule has 0 saturated carbocycles. The lowest BCUT2D eigenvalue weighted by Gasteiger charge is -2.34. The van der Waals surface area contributed by atoms with Gasteiger partial charge in [-0.05, 0) is 25.8 Å². The quantitative estimate of drug-likeness (QED) is 0.627. The summed E-state index contributed by atoms with van der Waals surface area (Å²) in [5.41, 5.74) is 0.161. The van der Waals surface area contributed by atoms with Gasteiger partial charge in [0.05, 0.1) is 0 Å². The van der Waals surface area contributed by atoms with Crippen LogP contribution in [0, 0.1) is 11.8 Å². The molecule has 2 atom stereocenters. The van der Waals surface area contributed by atoms with Gasteiger partial charge in [0.1, 0.15) is 0 Å². The molecule has 1 fully saturated rings. The molecular formula is C9H19NO.